The number of anilines is 1. The van der Waals surface area contributed by atoms with Crippen LogP contribution in [0.15, 0.2) is 42.5 Å². The molecule has 2 heterocycles. The van der Waals surface area contributed by atoms with Crippen LogP contribution in [0, 0.1) is 5.82 Å². The molecule has 10 heteroatoms. The van der Waals surface area contributed by atoms with Gasteiger partial charge in [0.25, 0.3) is 0 Å². The molecular formula is C19H22FN3O5S. The quantitative estimate of drug-likeness (QED) is 0.684. The highest BCUT2D eigenvalue weighted by atomic mass is 32.2. The van der Waals surface area contributed by atoms with E-state index >= 15 is 0 Å². The lowest BCUT2D eigenvalue weighted by molar-refractivity contribution is 0.133. The number of nitrogens with one attached hydrogen (secondary N) is 1. The number of nitrogens with zero attached hydrogens (tertiary/aromatic N) is 2. The molecule has 0 amide bonds. The van der Waals surface area contributed by atoms with Gasteiger partial charge in [0.2, 0.25) is 16.8 Å². The van der Waals surface area contributed by atoms with Crippen LogP contribution in [0.3, 0.4) is 0 Å². The van der Waals surface area contributed by atoms with Crippen LogP contribution in [0.1, 0.15) is 11.6 Å². The standard InChI is InChI=1S/C19H22FN3O5S/c20-15-2-4-16(5-3-15)22-7-9-23(10-8-22)29(25,26)12-17(21-24)14-1-6-18-19(11-14)28-13-27-18/h1-6,11,17,21,24H,7-10,12-13H2. The van der Waals surface area contributed by atoms with E-state index in [1.807, 2.05) is 4.90 Å². The van der Waals surface area contributed by atoms with E-state index in [0.29, 0.717) is 43.2 Å². The highest BCUT2D eigenvalue weighted by Crippen LogP contribution is 2.34. The molecule has 2 N–H and O–H groups in total. The molecule has 0 bridgehead atoms. The third kappa shape index (κ3) is 4.30. The third-order valence-corrected chi connectivity index (χ3v) is 7.06. The molecule has 0 spiro atoms. The lowest BCUT2D eigenvalue weighted by Crippen LogP contribution is -2.50. The average Bonchev–Trinajstić information content (AvgIpc) is 3.20. The van der Waals surface area contributed by atoms with Gasteiger partial charge in [-0.1, -0.05) is 6.07 Å². The van der Waals surface area contributed by atoms with Crippen molar-refractivity contribution < 1.29 is 27.5 Å². The van der Waals surface area contributed by atoms with E-state index in [2.05, 4.69) is 5.48 Å². The predicted molar refractivity (Wildman–Crippen MR) is 104 cm³/mol. The van der Waals surface area contributed by atoms with Crippen molar-refractivity contribution in [2.75, 3.05) is 43.6 Å². The van der Waals surface area contributed by atoms with Crippen LogP contribution >= 0.6 is 0 Å². The van der Waals surface area contributed by atoms with Crippen molar-refractivity contribution in [3.8, 4) is 11.5 Å². The number of ether oxygens (including phenoxy) is 2. The lowest BCUT2D eigenvalue weighted by Gasteiger charge is -2.36. The van der Waals surface area contributed by atoms with Crippen LogP contribution < -0.4 is 19.9 Å². The molecule has 8 nitrogen and oxygen atoms in total. The highest BCUT2D eigenvalue weighted by molar-refractivity contribution is 7.89. The maximum Gasteiger partial charge on any atom is 0.231 e. The minimum Gasteiger partial charge on any atom is -0.454 e. The Labute approximate surface area is 168 Å². The molecule has 1 fully saturated rings. The summed E-state index contributed by atoms with van der Waals surface area (Å²) in [4.78, 5) is 2.02. The van der Waals surface area contributed by atoms with Crippen LogP contribution in [0.4, 0.5) is 10.1 Å². The number of sulfonamides is 1. The summed E-state index contributed by atoms with van der Waals surface area (Å²) in [7, 11) is -3.62. The summed E-state index contributed by atoms with van der Waals surface area (Å²) in [6.07, 6.45) is 0. The minimum absolute atomic E-state index is 0.118. The molecule has 0 aliphatic carbocycles. The van der Waals surface area contributed by atoms with E-state index < -0.39 is 16.1 Å². The first kappa shape index (κ1) is 19.9. The van der Waals surface area contributed by atoms with Crippen LogP contribution in [0.2, 0.25) is 0 Å². The van der Waals surface area contributed by atoms with E-state index in [4.69, 9.17) is 9.47 Å². The van der Waals surface area contributed by atoms with E-state index in [0.717, 1.165) is 5.69 Å². The van der Waals surface area contributed by atoms with Crippen molar-refractivity contribution in [2.45, 2.75) is 6.04 Å². The maximum atomic E-state index is 13.1. The molecule has 0 radical (unpaired) electrons. The summed E-state index contributed by atoms with van der Waals surface area (Å²) >= 11 is 0. The summed E-state index contributed by atoms with van der Waals surface area (Å²) in [5.41, 5.74) is 3.54. The van der Waals surface area contributed by atoms with Gasteiger partial charge in [-0.3, -0.25) is 0 Å². The molecule has 29 heavy (non-hydrogen) atoms. The third-order valence-electron chi connectivity index (χ3n) is 5.16. The Morgan fingerprint density at radius 2 is 1.72 bits per heavy atom. The summed E-state index contributed by atoms with van der Waals surface area (Å²) < 4.78 is 50.9. The molecule has 156 valence electrons. The van der Waals surface area contributed by atoms with Gasteiger partial charge in [-0.05, 0) is 42.0 Å². The summed E-state index contributed by atoms with van der Waals surface area (Å²) in [5, 5.41) is 9.56. The van der Waals surface area contributed by atoms with Crippen LogP contribution in [-0.4, -0.2) is 56.7 Å². The summed E-state index contributed by atoms with van der Waals surface area (Å²) in [6, 6.07) is 10.4. The number of hydroxylamine groups is 1. The number of benzene rings is 2. The first-order valence-corrected chi connectivity index (χ1v) is 10.8. The van der Waals surface area contributed by atoms with Gasteiger partial charge in [0, 0.05) is 31.9 Å². The van der Waals surface area contributed by atoms with Crippen molar-refractivity contribution in [2.24, 2.45) is 0 Å². The van der Waals surface area contributed by atoms with Gasteiger partial charge in [0.1, 0.15) is 5.82 Å². The molecule has 2 aliphatic rings. The zero-order chi connectivity index (χ0) is 20.4. The zero-order valence-electron chi connectivity index (χ0n) is 15.6. The number of rotatable bonds is 6. The van der Waals surface area contributed by atoms with E-state index in [1.165, 1.54) is 16.4 Å². The monoisotopic (exact) mass is 423 g/mol. The highest BCUT2D eigenvalue weighted by Gasteiger charge is 2.30. The van der Waals surface area contributed by atoms with Crippen molar-refractivity contribution in [1.82, 2.24) is 9.79 Å². The molecule has 0 saturated carbocycles. The fourth-order valence-corrected chi connectivity index (χ4v) is 5.15. The normalized spacial score (nSPS) is 18.1. The number of fused-ring (bicyclic) bond motifs is 1. The molecular weight excluding hydrogens is 401 g/mol. The lowest BCUT2D eigenvalue weighted by atomic mass is 10.1. The number of halogens is 1. The number of piperazine rings is 1. The van der Waals surface area contributed by atoms with Gasteiger partial charge >= 0.3 is 0 Å². The van der Waals surface area contributed by atoms with Gasteiger partial charge in [-0.15, -0.1) is 0 Å². The van der Waals surface area contributed by atoms with Crippen LogP contribution in [0.5, 0.6) is 11.5 Å². The molecule has 1 saturated heterocycles. The van der Waals surface area contributed by atoms with Crippen LogP contribution in [-0.2, 0) is 10.0 Å². The van der Waals surface area contributed by atoms with Gasteiger partial charge in [-0.2, -0.15) is 9.79 Å². The summed E-state index contributed by atoms with van der Waals surface area (Å²) in [5.74, 6) is 0.513. The number of hydrogen-bond donors (Lipinski definition) is 2. The SMILES string of the molecule is O=S(=O)(CC(NO)c1ccc2c(c1)OCO2)N1CCN(c2ccc(F)cc2)CC1. The zero-order valence-corrected chi connectivity index (χ0v) is 16.4. The topological polar surface area (TPSA) is 91.3 Å². The first-order valence-electron chi connectivity index (χ1n) is 9.24. The second kappa shape index (κ2) is 8.15. The Morgan fingerprint density at radius 3 is 2.41 bits per heavy atom. The van der Waals surface area contributed by atoms with Gasteiger partial charge < -0.3 is 19.6 Å². The summed E-state index contributed by atoms with van der Waals surface area (Å²) in [6.45, 7) is 1.77. The second-order valence-electron chi connectivity index (χ2n) is 6.94. The fraction of sp³-hybridized carbons (Fsp3) is 0.368. The molecule has 2 aromatic carbocycles. The van der Waals surface area contributed by atoms with Crippen molar-refractivity contribution in [3.05, 3.63) is 53.8 Å². The van der Waals surface area contributed by atoms with Gasteiger partial charge in [0.05, 0.1) is 11.8 Å². The molecule has 4 rings (SSSR count). The van der Waals surface area contributed by atoms with E-state index in [-0.39, 0.29) is 18.4 Å². The Bertz CT molecular complexity index is 962. The number of hydrogen-bond acceptors (Lipinski definition) is 7. The minimum atomic E-state index is -3.62. The first-order chi connectivity index (χ1) is 14.0. The Kier molecular flexibility index (Phi) is 5.59. The van der Waals surface area contributed by atoms with Crippen molar-refractivity contribution in [1.29, 1.82) is 0 Å². The smallest absolute Gasteiger partial charge is 0.231 e. The Balaban J connectivity index is 1.41. The molecule has 1 atom stereocenters. The Morgan fingerprint density at radius 1 is 1.03 bits per heavy atom. The van der Waals surface area contributed by atoms with Crippen molar-refractivity contribution >= 4 is 15.7 Å². The van der Waals surface area contributed by atoms with Gasteiger partial charge in [-0.25, -0.2) is 12.8 Å². The molecule has 1 unspecified atom stereocenters. The van der Waals surface area contributed by atoms with E-state index in [9.17, 15) is 18.0 Å². The molecule has 2 aromatic rings. The van der Waals surface area contributed by atoms with Gasteiger partial charge in [0.15, 0.2) is 11.5 Å². The maximum absolute atomic E-state index is 13.1. The largest absolute Gasteiger partial charge is 0.454 e. The second-order valence-corrected chi connectivity index (χ2v) is 8.95. The molecule has 0 aromatic heterocycles. The molecule has 2 aliphatic heterocycles. The predicted octanol–water partition coefficient (Wildman–Crippen LogP) is 1.73. The van der Waals surface area contributed by atoms with E-state index in [1.54, 1.807) is 30.3 Å². The van der Waals surface area contributed by atoms with Crippen LogP contribution in [0.25, 0.3) is 0 Å². The average molecular weight is 423 g/mol. The fourth-order valence-electron chi connectivity index (χ4n) is 3.53. The Hall–Kier alpha value is -2.40. The van der Waals surface area contributed by atoms with Crippen molar-refractivity contribution in [3.63, 3.8) is 0 Å².